The average Bonchev–Trinajstić information content (AvgIpc) is 3.37. The summed E-state index contributed by atoms with van der Waals surface area (Å²) in [6.07, 6.45) is 5.61. The molecule has 0 fully saturated rings. The lowest BCUT2D eigenvalue weighted by Crippen LogP contribution is -2.13. The highest BCUT2D eigenvalue weighted by molar-refractivity contribution is 7.90. The standard InChI is InChI=1S/C20H18N4O5S2/c1-15-21-11-13-23(15)30(25,26)19-7-3-17(4-8-19)29-18-5-9-20(10-6-18)31(27,28)24-14-12-22-16(24)2/h3-14H,1-2H3. The van der Waals surface area contributed by atoms with Gasteiger partial charge in [-0.25, -0.2) is 34.7 Å². The van der Waals surface area contributed by atoms with Gasteiger partial charge in [-0.15, -0.1) is 0 Å². The van der Waals surface area contributed by atoms with Crippen LogP contribution in [0, 0.1) is 13.8 Å². The summed E-state index contributed by atoms with van der Waals surface area (Å²) in [6.45, 7) is 3.21. The fraction of sp³-hybridized carbons (Fsp3) is 0.100. The maximum atomic E-state index is 12.7. The Balaban J connectivity index is 1.53. The minimum absolute atomic E-state index is 0.0955. The van der Waals surface area contributed by atoms with Gasteiger partial charge in [-0.1, -0.05) is 0 Å². The van der Waals surface area contributed by atoms with Crippen molar-refractivity contribution in [1.29, 1.82) is 0 Å². The van der Waals surface area contributed by atoms with Crippen molar-refractivity contribution in [2.24, 2.45) is 0 Å². The van der Waals surface area contributed by atoms with Crippen LogP contribution in [-0.4, -0.2) is 34.7 Å². The molecular formula is C20H18N4O5S2. The smallest absolute Gasteiger partial charge is 0.269 e. The van der Waals surface area contributed by atoms with Crippen molar-refractivity contribution in [3.05, 3.63) is 85.0 Å². The molecule has 0 amide bonds. The second kappa shape index (κ2) is 7.67. The van der Waals surface area contributed by atoms with Gasteiger partial charge in [0.15, 0.2) is 0 Å². The highest BCUT2D eigenvalue weighted by Crippen LogP contribution is 2.26. The van der Waals surface area contributed by atoms with E-state index >= 15 is 0 Å². The van der Waals surface area contributed by atoms with Crippen LogP contribution in [0.4, 0.5) is 0 Å². The minimum atomic E-state index is -3.74. The van der Waals surface area contributed by atoms with Crippen LogP contribution in [0.15, 0.2) is 83.1 Å². The van der Waals surface area contributed by atoms with Crippen LogP contribution in [0.1, 0.15) is 11.6 Å². The maximum Gasteiger partial charge on any atom is 0.269 e. The first-order valence-corrected chi connectivity index (χ1v) is 12.0. The van der Waals surface area contributed by atoms with Crippen molar-refractivity contribution >= 4 is 20.0 Å². The van der Waals surface area contributed by atoms with Crippen molar-refractivity contribution in [2.45, 2.75) is 23.6 Å². The zero-order chi connectivity index (χ0) is 22.2. The van der Waals surface area contributed by atoms with Crippen LogP contribution in [0.3, 0.4) is 0 Å². The third kappa shape index (κ3) is 3.84. The summed E-state index contributed by atoms with van der Waals surface area (Å²) in [4.78, 5) is 8.07. The third-order valence-corrected chi connectivity index (χ3v) is 8.10. The fourth-order valence-corrected chi connectivity index (χ4v) is 5.60. The van der Waals surface area contributed by atoms with Gasteiger partial charge in [0, 0.05) is 24.8 Å². The van der Waals surface area contributed by atoms with Crippen molar-refractivity contribution in [2.75, 3.05) is 0 Å². The molecule has 2 heterocycles. The van der Waals surface area contributed by atoms with Gasteiger partial charge in [-0.2, -0.15) is 0 Å². The summed E-state index contributed by atoms with van der Waals surface area (Å²) in [7, 11) is -7.48. The highest BCUT2D eigenvalue weighted by Gasteiger charge is 2.20. The fourth-order valence-electron chi connectivity index (χ4n) is 2.96. The number of rotatable bonds is 6. The predicted octanol–water partition coefficient (Wildman–Crippen LogP) is 2.96. The largest absolute Gasteiger partial charge is 0.457 e. The Kier molecular flexibility index (Phi) is 5.15. The lowest BCUT2D eigenvalue weighted by Gasteiger charge is -2.10. The molecule has 0 unspecified atom stereocenters. The zero-order valence-corrected chi connectivity index (χ0v) is 18.2. The summed E-state index contributed by atoms with van der Waals surface area (Å²) in [5, 5.41) is 0. The summed E-state index contributed by atoms with van der Waals surface area (Å²) in [6, 6.07) is 11.8. The minimum Gasteiger partial charge on any atom is -0.457 e. The SMILES string of the molecule is Cc1nccn1S(=O)(=O)c1ccc(Oc2ccc(S(=O)(=O)n3ccnc3C)cc2)cc1. The summed E-state index contributed by atoms with van der Waals surface area (Å²) < 4.78 is 58.5. The van der Waals surface area contributed by atoms with E-state index in [0.717, 1.165) is 7.94 Å². The Morgan fingerprint density at radius 2 is 1.00 bits per heavy atom. The van der Waals surface area contributed by atoms with Gasteiger partial charge >= 0.3 is 0 Å². The average molecular weight is 459 g/mol. The van der Waals surface area contributed by atoms with Crippen molar-refractivity contribution in [3.8, 4) is 11.5 Å². The second-order valence-corrected chi connectivity index (χ2v) is 10.2. The molecule has 2 aromatic heterocycles. The molecule has 31 heavy (non-hydrogen) atoms. The van der Waals surface area contributed by atoms with Crippen LogP contribution in [0.2, 0.25) is 0 Å². The van der Waals surface area contributed by atoms with Crippen molar-refractivity contribution in [3.63, 3.8) is 0 Å². The third-order valence-electron chi connectivity index (χ3n) is 4.56. The lowest BCUT2D eigenvalue weighted by molar-refractivity contribution is 0.481. The topological polar surface area (TPSA) is 113 Å². The number of aromatic nitrogens is 4. The van der Waals surface area contributed by atoms with Crippen molar-refractivity contribution < 1.29 is 21.6 Å². The number of aryl methyl sites for hydroxylation is 2. The van der Waals surface area contributed by atoms with Gasteiger partial charge in [0.1, 0.15) is 23.1 Å². The van der Waals surface area contributed by atoms with Crippen LogP contribution in [0.25, 0.3) is 0 Å². The molecule has 11 heteroatoms. The van der Waals surface area contributed by atoms with E-state index in [1.54, 1.807) is 13.8 Å². The van der Waals surface area contributed by atoms with Crippen LogP contribution < -0.4 is 4.74 Å². The quantitative estimate of drug-likeness (QED) is 0.436. The molecular weight excluding hydrogens is 440 g/mol. The summed E-state index contributed by atoms with van der Waals surface area (Å²) >= 11 is 0. The van der Waals surface area contributed by atoms with Crippen LogP contribution >= 0.6 is 0 Å². The maximum absolute atomic E-state index is 12.7. The molecule has 0 radical (unpaired) electrons. The molecule has 160 valence electrons. The van der Waals surface area contributed by atoms with Crippen molar-refractivity contribution in [1.82, 2.24) is 17.9 Å². The van der Waals surface area contributed by atoms with E-state index in [1.807, 2.05) is 0 Å². The van der Waals surface area contributed by atoms with E-state index in [-0.39, 0.29) is 9.79 Å². The van der Waals surface area contributed by atoms with E-state index in [4.69, 9.17) is 4.74 Å². The molecule has 0 aliphatic rings. The molecule has 0 bridgehead atoms. The molecule has 9 nitrogen and oxygen atoms in total. The Morgan fingerprint density at radius 1 is 0.645 bits per heavy atom. The first-order chi connectivity index (χ1) is 14.7. The molecule has 0 N–H and O–H groups in total. The van der Waals surface area contributed by atoms with E-state index in [2.05, 4.69) is 9.97 Å². The first kappa shape index (κ1) is 20.8. The Labute approximate surface area is 179 Å². The molecule has 2 aromatic carbocycles. The molecule has 4 rings (SSSR count). The van der Waals surface area contributed by atoms with Gasteiger partial charge in [0.05, 0.1) is 9.79 Å². The monoisotopic (exact) mass is 458 g/mol. The Morgan fingerprint density at radius 3 is 1.29 bits per heavy atom. The number of nitrogens with zero attached hydrogens (tertiary/aromatic N) is 4. The number of hydrogen-bond acceptors (Lipinski definition) is 7. The van der Waals surface area contributed by atoms with E-state index in [1.165, 1.54) is 73.3 Å². The lowest BCUT2D eigenvalue weighted by atomic mass is 10.3. The van der Waals surface area contributed by atoms with E-state index in [0.29, 0.717) is 23.1 Å². The summed E-state index contributed by atoms with van der Waals surface area (Å²) in [5.74, 6) is 1.53. The number of benzene rings is 2. The van der Waals surface area contributed by atoms with E-state index in [9.17, 15) is 16.8 Å². The Hall–Kier alpha value is -3.44. The van der Waals surface area contributed by atoms with Gasteiger partial charge < -0.3 is 4.74 Å². The molecule has 0 spiro atoms. The summed E-state index contributed by atoms with van der Waals surface area (Å²) in [5.41, 5.74) is 0. The molecule has 0 atom stereocenters. The molecule has 0 aliphatic carbocycles. The van der Waals surface area contributed by atoms with E-state index < -0.39 is 20.0 Å². The van der Waals surface area contributed by atoms with Crippen LogP contribution in [0.5, 0.6) is 11.5 Å². The number of imidazole rings is 2. The van der Waals surface area contributed by atoms with Crippen LogP contribution in [-0.2, 0) is 20.0 Å². The van der Waals surface area contributed by atoms with Gasteiger partial charge in [0.25, 0.3) is 20.0 Å². The second-order valence-electron chi connectivity index (χ2n) is 6.60. The predicted molar refractivity (Wildman–Crippen MR) is 112 cm³/mol. The Bertz CT molecular complexity index is 1320. The normalized spacial score (nSPS) is 12.1. The zero-order valence-electron chi connectivity index (χ0n) is 16.6. The number of ether oxygens (including phenoxy) is 1. The highest BCUT2D eigenvalue weighted by atomic mass is 32.2. The first-order valence-electron chi connectivity index (χ1n) is 9.08. The molecule has 0 saturated heterocycles. The molecule has 0 aliphatic heterocycles. The number of hydrogen-bond donors (Lipinski definition) is 0. The molecule has 4 aromatic rings. The van der Waals surface area contributed by atoms with Gasteiger partial charge in [-0.05, 0) is 62.4 Å². The van der Waals surface area contributed by atoms with Gasteiger partial charge in [-0.3, -0.25) is 0 Å². The van der Waals surface area contributed by atoms with Gasteiger partial charge in [0.2, 0.25) is 0 Å². The molecule has 0 saturated carbocycles.